The van der Waals surface area contributed by atoms with Crippen LogP contribution in [0.5, 0.6) is 0 Å². The van der Waals surface area contributed by atoms with Gasteiger partial charge in [0.2, 0.25) is 0 Å². The van der Waals surface area contributed by atoms with Crippen LogP contribution >= 0.6 is 7.82 Å². The number of esters is 2. The molecular weight excluding hydrogens is 629 g/mol. The molecule has 0 radical (unpaired) electrons. The Hall–Kier alpha value is -0.990. The van der Waals surface area contributed by atoms with Crippen LogP contribution in [0.2, 0.25) is 0 Å². The maximum atomic E-state index is 12.6. The van der Waals surface area contributed by atoms with E-state index in [0.717, 1.165) is 38.5 Å². The van der Waals surface area contributed by atoms with E-state index in [-0.39, 0.29) is 25.6 Å². The van der Waals surface area contributed by atoms with E-state index in [1.165, 1.54) is 116 Å². The van der Waals surface area contributed by atoms with Crippen LogP contribution in [0.4, 0.5) is 0 Å². The Bertz CT molecular complexity index is 804. The molecule has 1 N–H and O–H groups in total. The molecular formula is C38H77NO8P+. The van der Waals surface area contributed by atoms with Crippen molar-refractivity contribution >= 4 is 19.8 Å². The number of likely N-dealkylation sites (N-methyl/N-ethyl adjacent to an activating group) is 1. The maximum Gasteiger partial charge on any atom is 0.472 e. The van der Waals surface area contributed by atoms with E-state index in [4.69, 9.17) is 18.5 Å². The molecule has 0 aromatic carbocycles. The van der Waals surface area contributed by atoms with Crippen molar-refractivity contribution in [3.8, 4) is 0 Å². The van der Waals surface area contributed by atoms with Gasteiger partial charge in [-0.25, -0.2) is 4.57 Å². The van der Waals surface area contributed by atoms with Crippen LogP contribution in [0.1, 0.15) is 181 Å². The van der Waals surface area contributed by atoms with Gasteiger partial charge in [-0.05, 0) is 12.8 Å². The second-order valence-electron chi connectivity index (χ2n) is 14.7. The number of rotatable bonds is 36. The first-order valence-corrected chi connectivity index (χ1v) is 21.3. The fourth-order valence-corrected chi connectivity index (χ4v) is 6.23. The molecule has 0 fully saturated rings. The summed E-state index contributed by atoms with van der Waals surface area (Å²) in [6.45, 7) is 4.41. The van der Waals surface area contributed by atoms with Crippen LogP contribution in [-0.4, -0.2) is 74.9 Å². The Balaban J connectivity index is 4.36. The average Bonchev–Trinajstić information content (AvgIpc) is 3.02. The van der Waals surface area contributed by atoms with E-state index in [0.29, 0.717) is 17.4 Å². The third kappa shape index (κ3) is 34.9. The predicted octanol–water partition coefficient (Wildman–Crippen LogP) is 10.5. The molecule has 0 saturated carbocycles. The van der Waals surface area contributed by atoms with Crippen LogP contribution in [0.15, 0.2) is 0 Å². The molecule has 0 rings (SSSR count). The first-order valence-electron chi connectivity index (χ1n) is 19.8. The largest absolute Gasteiger partial charge is 0.472 e. The van der Waals surface area contributed by atoms with Crippen molar-refractivity contribution in [3.63, 3.8) is 0 Å². The van der Waals surface area contributed by atoms with Gasteiger partial charge in [0.25, 0.3) is 0 Å². The topological polar surface area (TPSA) is 108 Å². The van der Waals surface area contributed by atoms with E-state index in [1.807, 2.05) is 21.1 Å². The molecule has 0 amide bonds. The molecule has 10 heteroatoms. The van der Waals surface area contributed by atoms with E-state index in [9.17, 15) is 19.0 Å². The number of unbranched alkanes of at least 4 members (excludes halogenated alkanes) is 22. The first-order chi connectivity index (χ1) is 23.0. The van der Waals surface area contributed by atoms with Crippen molar-refractivity contribution in [3.05, 3.63) is 0 Å². The number of carbonyl (C=O) groups is 2. The third-order valence-corrected chi connectivity index (χ3v) is 9.62. The zero-order valence-corrected chi connectivity index (χ0v) is 32.9. The minimum Gasteiger partial charge on any atom is -0.462 e. The number of phosphoric acid groups is 1. The van der Waals surface area contributed by atoms with Gasteiger partial charge in [0.05, 0.1) is 27.7 Å². The summed E-state index contributed by atoms with van der Waals surface area (Å²) in [5.41, 5.74) is 0. The summed E-state index contributed by atoms with van der Waals surface area (Å²) in [4.78, 5) is 35.1. The Morgan fingerprint density at radius 3 is 1.33 bits per heavy atom. The molecule has 0 spiro atoms. The second kappa shape index (κ2) is 32.0. The van der Waals surface area contributed by atoms with Crippen LogP contribution < -0.4 is 0 Å². The molecule has 48 heavy (non-hydrogen) atoms. The summed E-state index contributed by atoms with van der Waals surface area (Å²) >= 11 is 0. The monoisotopic (exact) mass is 707 g/mol. The lowest BCUT2D eigenvalue weighted by Crippen LogP contribution is -2.37. The van der Waals surface area contributed by atoms with Gasteiger partial charge >= 0.3 is 19.8 Å². The molecule has 0 aliphatic carbocycles. The summed E-state index contributed by atoms with van der Waals surface area (Å²) in [5.74, 6) is -0.792. The van der Waals surface area contributed by atoms with E-state index in [2.05, 4.69) is 13.8 Å². The van der Waals surface area contributed by atoms with E-state index in [1.54, 1.807) is 0 Å². The second-order valence-corrected chi connectivity index (χ2v) is 16.1. The zero-order chi connectivity index (χ0) is 35.8. The molecule has 0 aromatic rings. The number of hydrogen-bond donors (Lipinski definition) is 1. The smallest absolute Gasteiger partial charge is 0.462 e. The number of hydrogen-bond acceptors (Lipinski definition) is 7. The molecule has 0 aliphatic rings. The van der Waals surface area contributed by atoms with Gasteiger partial charge in [0.1, 0.15) is 19.8 Å². The summed E-state index contributed by atoms with van der Waals surface area (Å²) in [6.07, 6.45) is 28.6. The highest BCUT2D eigenvalue weighted by Gasteiger charge is 2.27. The normalized spacial score (nSPS) is 13.7. The highest BCUT2D eigenvalue weighted by molar-refractivity contribution is 7.47. The fourth-order valence-electron chi connectivity index (χ4n) is 5.48. The van der Waals surface area contributed by atoms with Gasteiger partial charge in [-0.3, -0.25) is 18.6 Å². The van der Waals surface area contributed by atoms with Crippen LogP contribution in [-0.2, 0) is 32.7 Å². The summed E-state index contributed by atoms with van der Waals surface area (Å²) in [5, 5.41) is 0. The van der Waals surface area contributed by atoms with Gasteiger partial charge in [-0.15, -0.1) is 0 Å². The number of nitrogens with zero attached hydrogens (tertiary/aromatic N) is 1. The first kappa shape index (κ1) is 47.0. The summed E-state index contributed by atoms with van der Waals surface area (Å²) in [6, 6.07) is 0. The van der Waals surface area contributed by atoms with Gasteiger partial charge in [-0.2, -0.15) is 0 Å². The lowest BCUT2D eigenvalue weighted by Gasteiger charge is -2.24. The average molecular weight is 707 g/mol. The third-order valence-electron chi connectivity index (χ3n) is 8.64. The number of quaternary nitrogens is 1. The lowest BCUT2D eigenvalue weighted by molar-refractivity contribution is -0.870. The molecule has 286 valence electrons. The fraction of sp³-hybridized carbons (Fsp3) is 0.947. The van der Waals surface area contributed by atoms with Gasteiger partial charge in [-0.1, -0.05) is 155 Å². The number of phosphoric ester groups is 1. The van der Waals surface area contributed by atoms with Crippen LogP contribution in [0.3, 0.4) is 0 Å². The molecule has 0 aliphatic heterocycles. The Morgan fingerprint density at radius 2 is 0.938 bits per heavy atom. The molecule has 1 unspecified atom stereocenters. The standard InChI is InChI=1S/C38H76NO8P/c1-6-8-10-12-14-16-17-18-19-20-21-23-25-27-29-31-38(41)47-36(35-46-48(42,43)45-33-32-39(3,4)5)34-44-37(40)30-28-26-24-22-15-13-11-9-7-2/h36H,6-35H2,1-5H3/p+1/t36-/m0/s1. The SMILES string of the molecule is CCCCCCCCCCCCCCCCCC(=O)O[C@@H](COC(=O)CCCCCCCCCCC)COP(=O)(O)OCC[N+](C)(C)C. The highest BCUT2D eigenvalue weighted by atomic mass is 31.2. The molecule has 2 atom stereocenters. The summed E-state index contributed by atoms with van der Waals surface area (Å²) in [7, 11) is 1.49. The van der Waals surface area contributed by atoms with Gasteiger partial charge in [0.15, 0.2) is 6.10 Å². The Morgan fingerprint density at radius 1 is 0.562 bits per heavy atom. The lowest BCUT2D eigenvalue weighted by atomic mass is 10.0. The minimum atomic E-state index is -4.36. The van der Waals surface area contributed by atoms with Crippen molar-refractivity contribution < 1.29 is 42.1 Å². The van der Waals surface area contributed by atoms with Crippen molar-refractivity contribution in [2.75, 3.05) is 47.5 Å². The summed E-state index contributed by atoms with van der Waals surface area (Å²) < 4.78 is 34.1. The molecule has 9 nitrogen and oxygen atoms in total. The van der Waals surface area contributed by atoms with Gasteiger partial charge < -0.3 is 18.9 Å². The van der Waals surface area contributed by atoms with Crippen molar-refractivity contribution in [1.29, 1.82) is 0 Å². The molecule has 0 saturated heterocycles. The number of ether oxygens (including phenoxy) is 2. The molecule has 0 heterocycles. The minimum absolute atomic E-state index is 0.0364. The van der Waals surface area contributed by atoms with Crippen LogP contribution in [0, 0.1) is 0 Å². The Labute approximate surface area is 295 Å². The molecule has 0 aromatic heterocycles. The van der Waals surface area contributed by atoms with Crippen molar-refractivity contribution in [1.82, 2.24) is 0 Å². The highest BCUT2D eigenvalue weighted by Crippen LogP contribution is 2.43. The maximum absolute atomic E-state index is 12.6. The van der Waals surface area contributed by atoms with Gasteiger partial charge in [0, 0.05) is 12.8 Å². The Kier molecular flexibility index (Phi) is 31.3. The van der Waals surface area contributed by atoms with Crippen LogP contribution in [0.25, 0.3) is 0 Å². The molecule has 0 bridgehead atoms. The quantitative estimate of drug-likeness (QED) is 0.0297. The number of carbonyl (C=O) groups excluding carboxylic acids is 2. The van der Waals surface area contributed by atoms with Crippen molar-refractivity contribution in [2.24, 2.45) is 0 Å². The van der Waals surface area contributed by atoms with E-state index < -0.39 is 26.5 Å². The van der Waals surface area contributed by atoms with Crippen molar-refractivity contribution in [2.45, 2.75) is 187 Å². The van der Waals surface area contributed by atoms with E-state index >= 15 is 0 Å². The zero-order valence-electron chi connectivity index (χ0n) is 32.0. The predicted molar refractivity (Wildman–Crippen MR) is 197 cm³/mol.